The first-order valence-corrected chi connectivity index (χ1v) is 10.5. The first-order chi connectivity index (χ1) is 14.8. The smallest absolute Gasteiger partial charge is 0.282 e. The van der Waals surface area contributed by atoms with E-state index < -0.39 is 11.8 Å². The van der Waals surface area contributed by atoms with Gasteiger partial charge >= 0.3 is 0 Å². The van der Waals surface area contributed by atoms with Crippen molar-refractivity contribution in [2.45, 2.75) is 13.8 Å². The maximum Gasteiger partial charge on any atom is 0.282 e. The van der Waals surface area contributed by atoms with Crippen LogP contribution in [-0.4, -0.2) is 18.9 Å². The Morgan fingerprint density at radius 2 is 1.55 bits per heavy atom. The highest BCUT2D eigenvalue weighted by Crippen LogP contribution is 2.41. The van der Waals surface area contributed by atoms with E-state index in [0.29, 0.717) is 16.8 Å². The van der Waals surface area contributed by atoms with E-state index in [1.165, 1.54) is 0 Å². The molecule has 0 aromatic heterocycles. The average Bonchev–Trinajstić information content (AvgIpc) is 3.00. The van der Waals surface area contributed by atoms with E-state index in [1.807, 2.05) is 62.4 Å². The molecule has 1 heterocycles. The van der Waals surface area contributed by atoms with Gasteiger partial charge in [0.15, 0.2) is 0 Å². The third-order valence-electron chi connectivity index (χ3n) is 5.36. The van der Waals surface area contributed by atoms with Gasteiger partial charge in [-0.1, -0.05) is 71.2 Å². The minimum absolute atomic E-state index is 0.162. The number of halogens is 2. The van der Waals surface area contributed by atoms with Gasteiger partial charge in [0.2, 0.25) is 0 Å². The first-order valence-electron chi connectivity index (χ1n) is 9.74. The molecule has 2 amide bonds. The van der Waals surface area contributed by atoms with Gasteiger partial charge in [0.05, 0.1) is 21.3 Å². The summed E-state index contributed by atoms with van der Waals surface area (Å²) in [6.07, 6.45) is 0. The summed E-state index contributed by atoms with van der Waals surface area (Å²) in [4.78, 5) is 30.2. The summed E-state index contributed by atoms with van der Waals surface area (Å²) in [5.74, 6) is -0.880. The quantitative estimate of drug-likeness (QED) is 0.455. The molecule has 0 saturated heterocycles. The fourth-order valence-corrected chi connectivity index (χ4v) is 4.21. The lowest BCUT2D eigenvalue weighted by Gasteiger charge is -2.22. The SMILES string of the molecule is Cc1ccc(C2=C(N(C)c3ccccc3)C(=O)N(c3cccc(Cl)c3Cl)C2=O)c(C)c1. The van der Waals surface area contributed by atoms with Crippen LogP contribution in [0.15, 0.2) is 72.4 Å². The molecule has 3 aromatic rings. The highest BCUT2D eigenvalue weighted by molar-refractivity contribution is 6.50. The number of rotatable bonds is 4. The minimum atomic E-state index is -0.449. The van der Waals surface area contributed by atoms with Gasteiger partial charge < -0.3 is 4.90 Å². The van der Waals surface area contributed by atoms with Gasteiger partial charge in [-0.2, -0.15) is 0 Å². The molecule has 0 radical (unpaired) electrons. The van der Waals surface area contributed by atoms with Gasteiger partial charge in [0.1, 0.15) is 5.70 Å². The zero-order chi connectivity index (χ0) is 22.3. The van der Waals surface area contributed by atoms with Crippen molar-refractivity contribution < 1.29 is 9.59 Å². The van der Waals surface area contributed by atoms with Crippen molar-refractivity contribution in [3.63, 3.8) is 0 Å². The van der Waals surface area contributed by atoms with Crippen LogP contribution >= 0.6 is 23.2 Å². The van der Waals surface area contributed by atoms with Crippen LogP contribution in [0.1, 0.15) is 16.7 Å². The number of carbonyl (C=O) groups is 2. The van der Waals surface area contributed by atoms with E-state index >= 15 is 0 Å². The Kier molecular flexibility index (Phi) is 5.61. The highest BCUT2D eigenvalue weighted by Gasteiger charge is 2.43. The van der Waals surface area contributed by atoms with Crippen LogP contribution in [0.3, 0.4) is 0 Å². The molecule has 156 valence electrons. The second kappa shape index (κ2) is 8.22. The number of para-hydroxylation sites is 1. The van der Waals surface area contributed by atoms with Gasteiger partial charge in [0.25, 0.3) is 11.8 Å². The Bertz CT molecular complexity index is 1240. The van der Waals surface area contributed by atoms with Gasteiger partial charge in [-0.3, -0.25) is 9.59 Å². The molecule has 0 atom stereocenters. The van der Waals surface area contributed by atoms with Crippen molar-refractivity contribution >= 4 is 52.0 Å². The molecule has 0 saturated carbocycles. The van der Waals surface area contributed by atoms with Crippen molar-refractivity contribution in [2.24, 2.45) is 0 Å². The molecule has 0 spiro atoms. The number of hydrogen-bond acceptors (Lipinski definition) is 3. The fraction of sp³-hybridized carbons (Fsp3) is 0.120. The number of nitrogens with zero attached hydrogens (tertiary/aromatic N) is 2. The van der Waals surface area contributed by atoms with Crippen molar-refractivity contribution in [2.75, 3.05) is 16.8 Å². The molecule has 0 N–H and O–H groups in total. The molecule has 6 heteroatoms. The second-order valence-electron chi connectivity index (χ2n) is 7.46. The van der Waals surface area contributed by atoms with Gasteiger partial charge in [-0.15, -0.1) is 0 Å². The molecule has 0 unspecified atom stereocenters. The van der Waals surface area contributed by atoms with E-state index in [2.05, 4.69) is 0 Å². The van der Waals surface area contributed by atoms with E-state index in [9.17, 15) is 9.59 Å². The summed E-state index contributed by atoms with van der Waals surface area (Å²) in [7, 11) is 1.78. The number of amides is 2. The average molecular weight is 451 g/mol. The number of benzene rings is 3. The standard InChI is InChI=1S/C25H20Cl2N2O2/c1-15-12-13-18(16(2)14-15)21-23(28(3)17-8-5-4-6-9-17)25(31)29(24(21)30)20-11-7-10-19(26)22(20)27/h4-14H,1-3H3. The molecule has 4 nitrogen and oxygen atoms in total. The maximum absolute atomic E-state index is 13.7. The lowest BCUT2D eigenvalue weighted by molar-refractivity contribution is -0.120. The van der Waals surface area contributed by atoms with Crippen LogP contribution in [0.4, 0.5) is 11.4 Å². The Labute approximate surface area is 191 Å². The largest absolute Gasteiger partial charge is 0.339 e. The van der Waals surface area contributed by atoms with Crippen LogP contribution in [0.2, 0.25) is 10.0 Å². The number of anilines is 2. The summed E-state index contributed by atoms with van der Waals surface area (Å²) < 4.78 is 0. The zero-order valence-corrected chi connectivity index (χ0v) is 18.8. The van der Waals surface area contributed by atoms with Crippen LogP contribution in [0.5, 0.6) is 0 Å². The van der Waals surface area contributed by atoms with Crippen LogP contribution in [0, 0.1) is 13.8 Å². The highest BCUT2D eigenvalue weighted by atomic mass is 35.5. The lowest BCUT2D eigenvalue weighted by Crippen LogP contribution is -2.34. The maximum atomic E-state index is 13.7. The van der Waals surface area contributed by atoms with E-state index in [0.717, 1.165) is 21.7 Å². The van der Waals surface area contributed by atoms with Crippen molar-refractivity contribution in [3.05, 3.63) is 99.2 Å². The van der Waals surface area contributed by atoms with Crippen LogP contribution in [-0.2, 0) is 9.59 Å². The third-order valence-corrected chi connectivity index (χ3v) is 6.17. The summed E-state index contributed by atoms with van der Waals surface area (Å²) in [6, 6.07) is 20.2. The normalized spacial score (nSPS) is 13.9. The molecular weight excluding hydrogens is 431 g/mol. The summed E-state index contributed by atoms with van der Waals surface area (Å²) in [5, 5.41) is 0.437. The summed E-state index contributed by atoms with van der Waals surface area (Å²) >= 11 is 12.6. The topological polar surface area (TPSA) is 40.6 Å². The number of imide groups is 1. The molecule has 4 rings (SSSR count). The Morgan fingerprint density at radius 1 is 0.839 bits per heavy atom. The molecular formula is C25H20Cl2N2O2. The van der Waals surface area contributed by atoms with Crippen LogP contribution in [0.25, 0.3) is 5.57 Å². The van der Waals surface area contributed by atoms with Gasteiger partial charge in [-0.25, -0.2) is 4.90 Å². The van der Waals surface area contributed by atoms with Crippen molar-refractivity contribution in [1.29, 1.82) is 0 Å². The fourth-order valence-electron chi connectivity index (χ4n) is 3.83. The van der Waals surface area contributed by atoms with Gasteiger partial charge in [-0.05, 0) is 49.2 Å². The monoisotopic (exact) mass is 450 g/mol. The molecule has 31 heavy (non-hydrogen) atoms. The molecule has 3 aromatic carbocycles. The number of aryl methyl sites for hydroxylation is 2. The molecule has 1 aliphatic rings. The van der Waals surface area contributed by atoms with Crippen molar-refractivity contribution in [1.82, 2.24) is 0 Å². The molecule has 0 aliphatic carbocycles. The summed E-state index contributed by atoms with van der Waals surface area (Å²) in [6.45, 7) is 3.92. The Balaban J connectivity index is 1.94. The van der Waals surface area contributed by atoms with Crippen LogP contribution < -0.4 is 9.80 Å². The second-order valence-corrected chi connectivity index (χ2v) is 8.24. The molecule has 1 aliphatic heterocycles. The molecule has 0 fully saturated rings. The predicted molar refractivity (Wildman–Crippen MR) is 127 cm³/mol. The lowest BCUT2D eigenvalue weighted by atomic mass is 9.97. The van der Waals surface area contributed by atoms with E-state index in [-0.39, 0.29) is 15.7 Å². The van der Waals surface area contributed by atoms with E-state index in [1.54, 1.807) is 30.1 Å². The number of carbonyl (C=O) groups excluding carboxylic acids is 2. The molecule has 0 bridgehead atoms. The third kappa shape index (κ3) is 3.62. The van der Waals surface area contributed by atoms with Gasteiger partial charge in [0, 0.05) is 12.7 Å². The zero-order valence-electron chi connectivity index (χ0n) is 17.3. The minimum Gasteiger partial charge on any atom is -0.339 e. The Hall–Kier alpha value is -3.08. The number of likely N-dealkylation sites (N-methyl/N-ethyl adjacent to an activating group) is 1. The van der Waals surface area contributed by atoms with Crippen molar-refractivity contribution in [3.8, 4) is 0 Å². The first kappa shape index (κ1) is 21.2. The van der Waals surface area contributed by atoms with E-state index in [4.69, 9.17) is 23.2 Å². The summed E-state index contributed by atoms with van der Waals surface area (Å²) in [5.41, 5.74) is 4.38. The Morgan fingerprint density at radius 3 is 2.23 bits per heavy atom. The number of hydrogen-bond donors (Lipinski definition) is 0. The predicted octanol–water partition coefficient (Wildman–Crippen LogP) is 6.03.